The summed E-state index contributed by atoms with van der Waals surface area (Å²) in [7, 11) is 3.02. The molecule has 1 saturated carbocycles. The van der Waals surface area contributed by atoms with E-state index in [0.29, 0.717) is 56.9 Å². The number of carbonyl (C=O) groups excluding carboxylic acids is 4. The molecule has 2 saturated heterocycles. The molecule has 3 fully saturated rings. The van der Waals surface area contributed by atoms with Crippen LogP contribution < -0.4 is 0 Å². The van der Waals surface area contributed by atoms with Crippen molar-refractivity contribution in [2.45, 2.75) is 160 Å². The number of esters is 1. The van der Waals surface area contributed by atoms with Crippen LogP contribution in [-0.4, -0.2) is 124 Å². The Morgan fingerprint density at radius 1 is 0.964 bits per heavy atom. The highest BCUT2D eigenvalue weighted by atomic mass is 16.7. The molecular weight excluding hydrogens is 722 g/mol. The fourth-order valence-corrected chi connectivity index (χ4v) is 9.20. The minimum absolute atomic E-state index is 0.0115. The molecule has 0 aromatic carbocycles. The lowest BCUT2D eigenvalue weighted by Gasteiger charge is -2.38. The number of piperidine rings is 1. The molecule has 3 heterocycles. The smallest absolute Gasteiger partial charge is 0.329 e. The van der Waals surface area contributed by atoms with Gasteiger partial charge in [-0.15, -0.1) is 6.58 Å². The van der Waals surface area contributed by atoms with Gasteiger partial charge in [0, 0.05) is 44.9 Å². The van der Waals surface area contributed by atoms with Crippen LogP contribution in [0.4, 0.5) is 0 Å². The maximum Gasteiger partial charge on any atom is 0.329 e. The molecule has 13 heteroatoms. The van der Waals surface area contributed by atoms with Crippen LogP contribution in [0.25, 0.3) is 0 Å². The Kier molecular flexibility index (Phi) is 16.6. The number of amides is 1. The standard InChI is InChI=1S/C43H67NO12/c1-9-12-30-18-24(2)17-25(3)19-36(54-8)38(48)37-21-27(5)43(52,56-37)40(49)41(50)44-16-11-10-13-31(44)42(51)55-39(28(6)33(46)23-34(30)47)26(4)20-29-14-15-32(45)35(22-29)53-7/h9,18,20,25,27-33,35-39,45-46,48,52H,1,10-17,19,21-23H2,2-8H3/b24-18+,26-20+/t25-,27+,28+,29?,30+,31?,32+,33-,35+,36-,37+,38-,39+,43?/m0/s1. The lowest BCUT2D eigenvalue weighted by atomic mass is 9.81. The summed E-state index contributed by atoms with van der Waals surface area (Å²) in [5.74, 6) is -7.99. The van der Waals surface area contributed by atoms with Crippen molar-refractivity contribution in [3.05, 3.63) is 36.0 Å². The highest BCUT2D eigenvalue weighted by Gasteiger charge is 2.57. The first-order valence-electron chi connectivity index (χ1n) is 20.5. The molecule has 0 aromatic rings. The molecule has 316 valence electrons. The molecule has 3 unspecified atom stereocenters. The molecule has 0 radical (unpaired) electrons. The van der Waals surface area contributed by atoms with E-state index in [-0.39, 0.29) is 49.5 Å². The van der Waals surface area contributed by atoms with Gasteiger partial charge in [-0.25, -0.2) is 4.79 Å². The summed E-state index contributed by atoms with van der Waals surface area (Å²) in [4.78, 5) is 57.1. The number of cyclic esters (lactones) is 1. The number of rotatable bonds is 6. The summed E-state index contributed by atoms with van der Waals surface area (Å²) < 4.78 is 23.3. The molecule has 1 amide bonds. The number of ether oxygens (including phenoxy) is 4. The maximum absolute atomic E-state index is 14.2. The van der Waals surface area contributed by atoms with E-state index >= 15 is 0 Å². The van der Waals surface area contributed by atoms with Crippen molar-refractivity contribution < 1.29 is 58.6 Å². The van der Waals surface area contributed by atoms with Crippen LogP contribution >= 0.6 is 0 Å². The third-order valence-electron chi connectivity index (χ3n) is 12.6. The summed E-state index contributed by atoms with van der Waals surface area (Å²) in [6.45, 7) is 12.9. The number of ketones is 2. The summed E-state index contributed by atoms with van der Waals surface area (Å²) in [5.41, 5.74) is 1.58. The van der Waals surface area contributed by atoms with Gasteiger partial charge in [-0.2, -0.15) is 0 Å². The van der Waals surface area contributed by atoms with Crippen molar-refractivity contribution in [2.24, 2.45) is 29.6 Å². The largest absolute Gasteiger partial charge is 0.456 e. The Morgan fingerprint density at radius 2 is 1.66 bits per heavy atom. The Labute approximate surface area is 332 Å². The van der Waals surface area contributed by atoms with Crippen molar-refractivity contribution in [1.29, 1.82) is 0 Å². The zero-order valence-electron chi connectivity index (χ0n) is 34.4. The molecule has 1 aliphatic carbocycles. The molecule has 13 nitrogen and oxygen atoms in total. The number of hydrogen-bond donors (Lipinski definition) is 4. The van der Waals surface area contributed by atoms with Gasteiger partial charge >= 0.3 is 5.97 Å². The van der Waals surface area contributed by atoms with Gasteiger partial charge in [0.05, 0.1) is 30.5 Å². The maximum atomic E-state index is 14.2. The average Bonchev–Trinajstić information content (AvgIpc) is 3.48. The van der Waals surface area contributed by atoms with E-state index in [2.05, 4.69) is 6.58 Å². The average molecular weight is 790 g/mol. The predicted octanol–water partition coefficient (Wildman–Crippen LogP) is 3.98. The van der Waals surface area contributed by atoms with E-state index in [4.69, 9.17) is 18.9 Å². The monoisotopic (exact) mass is 789 g/mol. The van der Waals surface area contributed by atoms with Crippen molar-refractivity contribution in [2.75, 3.05) is 20.8 Å². The van der Waals surface area contributed by atoms with Crippen molar-refractivity contribution in [1.82, 2.24) is 4.90 Å². The molecule has 3 aliphatic heterocycles. The molecule has 4 aliphatic rings. The van der Waals surface area contributed by atoms with Crippen LogP contribution in [0.3, 0.4) is 0 Å². The fraction of sp³-hybridized carbons (Fsp3) is 0.767. The summed E-state index contributed by atoms with van der Waals surface area (Å²) in [6, 6.07) is -1.16. The van der Waals surface area contributed by atoms with Crippen LogP contribution in [0.15, 0.2) is 36.0 Å². The topological polar surface area (TPSA) is 189 Å². The summed E-state index contributed by atoms with van der Waals surface area (Å²) >= 11 is 0. The van der Waals surface area contributed by atoms with Crippen molar-refractivity contribution in [3.8, 4) is 0 Å². The first kappa shape index (κ1) is 45.9. The van der Waals surface area contributed by atoms with E-state index in [1.165, 1.54) is 7.11 Å². The Balaban J connectivity index is 1.74. The number of aliphatic hydroxyl groups excluding tert-OH is 3. The number of Topliss-reactive ketones (excluding diaryl/α,β-unsaturated/α-hetero) is 2. The van der Waals surface area contributed by atoms with Gasteiger partial charge < -0.3 is 44.3 Å². The second-order valence-electron chi connectivity index (χ2n) is 17.1. The van der Waals surface area contributed by atoms with Crippen LogP contribution in [0.5, 0.6) is 0 Å². The normalized spacial score (nSPS) is 41.5. The number of allylic oxidation sites excluding steroid dienone is 4. The molecule has 0 aromatic heterocycles. The highest BCUT2D eigenvalue weighted by molar-refractivity contribution is 6.39. The zero-order chi connectivity index (χ0) is 41.5. The fourth-order valence-electron chi connectivity index (χ4n) is 9.20. The summed E-state index contributed by atoms with van der Waals surface area (Å²) in [6.07, 6.45) is 3.66. The Hall–Kier alpha value is -2.78. The second kappa shape index (κ2) is 20.3. The molecular formula is C43H67NO12. The van der Waals surface area contributed by atoms with Crippen molar-refractivity contribution >= 4 is 23.4 Å². The number of hydrogen-bond acceptors (Lipinski definition) is 12. The first-order chi connectivity index (χ1) is 26.4. The highest BCUT2D eigenvalue weighted by Crippen LogP contribution is 2.39. The molecule has 56 heavy (non-hydrogen) atoms. The van der Waals surface area contributed by atoms with Gasteiger partial charge in [-0.3, -0.25) is 14.4 Å². The minimum Gasteiger partial charge on any atom is -0.456 e. The van der Waals surface area contributed by atoms with E-state index in [1.807, 2.05) is 26.0 Å². The van der Waals surface area contributed by atoms with E-state index < -0.39 is 83.9 Å². The van der Waals surface area contributed by atoms with Crippen LogP contribution in [0.1, 0.15) is 105 Å². The Morgan fingerprint density at radius 3 is 2.32 bits per heavy atom. The van der Waals surface area contributed by atoms with Gasteiger partial charge in [0.15, 0.2) is 0 Å². The van der Waals surface area contributed by atoms with Gasteiger partial charge in [0.1, 0.15) is 24.0 Å². The van der Waals surface area contributed by atoms with E-state index in [9.17, 15) is 39.6 Å². The molecule has 0 spiro atoms. The molecule has 4 N–H and O–H groups in total. The van der Waals surface area contributed by atoms with Gasteiger partial charge in [0.2, 0.25) is 5.79 Å². The lowest BCUT2D eigenvalue weighted by molar-refractivity contribution is -0.225. The zero-order valence-corrected chi connectivity index (χ0v) is 34.4. The third kappa shape index (κ3) is 10.8. The van der Waals surface area contributed by atoms with Crippen LogP contribution in [-0.2, 0) is 38.1 Å². The number of nitrogens with zero attached hydrogens (tertiary/aromatic N) is 1. The van der Waals surface area contributed by atoms with Crippen LogP contribution in [0.2, 0.25) is 0 Å². The molecule has 2 bridgehead atoms. The minimum atomic E-state index is -2.53. The SMILES string of the molecule is C=CC[C@@H]1/C=C(\C)C[C@H](C)C[C@H](OC)[C@H](O)[C@H]2C[C@@H](C)C(O)(O2)C(=O)C(=O)N2CCCCC2C(=O)O[C@H](/C(C)=C/C2CC[C@@H](O)[C@H](OC)C2)[C@H](C)[C@@H](O)CC1=O. The number of carbonyl (C=O) groups is 4. The van der Waals surface area contributed by atoms with Gasteiger partial charge in [-0.05, 0) is 95.5 Å². The Bertz CT molecular complexity index is 1460. The summed E-state index contributed by atoms with van der Waals surface area (Å²) in [5, 5.41) is 45.1. The van der Waals surface area contributed by atoms with E-state index in [0.717, 1.165) is 10.5 Å². The number of aliphatic hydroxyl groups is 4. The first-order valence-corrected chi connectivity index (χ1v) is 20.5. The van der Waals surface area contributed by atoms with E-state index in [1.54, 1.807) is 34.0 Å². The van der Waals surface area contributed by atoms with Crippen LogP contribution in [0, 0.1) is 29.6 Å². The number of methoxy groups -OCH3 is 2. The van der Waals surface area contributed by atoms with Gasteiger partial charge in [0.25, 0.3) is 11.7 Å². The quantitative estimate of drug-likeness (QED) is 0.172. The second-order valence-corrected chi connectivity index (χ2v) is 17.1. The molecule has 14 atom stereocenters. The lowest BCUT2D eigenvalue weighted by Crippen LogP contribution is -2.57. The number of fused-ring (bicyclic) bond motifs is 3. The van der Waals surface area contributed by atoms with Crippen molar-refractivity contribution in [3.63, 3.8) is 0 Å². The molecule has 4 rings (SSSR count). The predicted molar refractivity (Wildman–Crippen MR) is 208 cm³/mol. The third-order valence-corrected chi connectivity index (χ3v) is 12.6. The van der Waals surface area contributed by atoms with Gasteiger partial charge in [-0.1, -0.05) is 44.6 Å².